The highest BCUT2D eigenvalue weighted by molar-refractivity contribution is 5.89. The number of hydrogen-bond donors (Lipinski definition) is 2. The lowest BCUT2D eigenvalue weighted by molar-refractivity contribution is 0.0697. The smallest absolute Gasteiger partial charge is 0.411 e. The van der Waals surface area contributed by atoms with Gasteiger partial charge >= 0.3 is 12.1 Å². The number of anilines is 1. The van der Waals surface area contributed by atoms with Crippen LogP contribution in [-0.2, 0) is 11.3 Å². The first-order valence-electron chi connectivity index (χ1n) is 8.91. The molecule has 1 amide bonds. The molecule has 1 aromatic heterocycles. The van der Waals surface area contributed by atoms with Crippen molar-refractivity contribution < 1.29 is 19.4 Å². The molecule has 0 unspecified atom stereocenters. The van der Waals surface area contributed by atoms with E-state index < -0.39 is 12.1 Å². The Kier molecular flexibility index (Phi) is 6.03. The summed E-state index contributed by atoms with van der Waals surface area (Å²) in [5, 5.41) is 16.1. The molecule has 0 atom stereocenters. The molecular formula is C21H19N3O5. The van der Waals surface area contributed by atoms with Crippen LogP contribution in [0.15, 0.2) is 65.5 Å². The topological polar surface area (TPSA) is 111 Å². The van der Waals surface area contributed by atoms with E-state index >= 15 is 0 Å². The van der Waals surface area contributed by atoms with Crippen LogP contribution >= 0.6 is 0 Å². The van der Waals surface area contributed by atoms with Crippen molar-refractivity contribution in [1.29, 1.82) is 0 Å². The fourth-order valence-corrected chi connectivity index (χ4v) is 2.73. The Morgan fingerprint density at radius 3 is 2.66 bits per heavy atom. The fraction of sp³-hybridized carbons (Fsp3) is 0.143. The van der Waals surface area contributed by atoms with E-state index in [9.17, 15) is 14.4 Å². The first-order chi connectivity index (χ1) is 14.0. The molecule has 3 aromatic rings. The van der Waals surface area contributed by atoms with E-state index in [4.69, 9.17) is 9.84 Å². The highest BCUT2D eigenvalue weighted by Gasteiger charge is 2.09. The van der Waals surface area contributed by atoms with E-state index in [0.29, 0.717) is 16.9 Å². The summed E-state index contributed by atoms with van der Waals surface area (Å²) in [6.45, 7) is 2.16. The zero-order valence-corrected chi connectivity index (χ0v) is 15.7. The van der Waals surface area contributed by atoms with Crippen LogP contribution in [0.3, 0.4) is 0 Å². The number of carbonyl (C=O) groups excluding carboxylic acids is 1. The number of nitrogens with one attached hydrogen (secondary N) is 1. The van der Waals surface area contributed by atoms with Gasteiger partial charge in [0.25, 0.3) is 5.56 Å². The van der Waals surface area contributed by atoms with Gasteiger partial charge in [-0.3, -0.25) is 10.1 Å². The molecule has 0 radical (unpaired) electrons. The summed E-state index contributed by atoms with van der Waals surface area (Å²) < 4.78 is 6.14. The van der Waals surface area contributed by atoms with Gasteiger partial charge in [-0.2, -0.15) is 5.10 Å². The van der Waals surface area contributed by atoms with Crippen LogP contribution in [0.25, 0.3) is 11.3 Å². The van der Waals surface area contributed by atoms with Crippen LogP contribution in [0.4, 0.5) is 10.5 Å². The number of rotatable bonds is 6. The molecule has 8 nitrogen and oxygen atoms in total. The minimum absolute atomic E-state index is 0.139. The Labute approximate surface area is 166 Å². The van der Waals surface area contributed by atoms with Gasteiger partial charge in [0.15, 0.2) is 0 Å². The standard InChI is InChI=1S/C21H19N3O5/c1-2-29-21(28)22-17-8-3-5-14(11-17)13-24-19(25)10-9-18(23-24)15-6-4-7-16(12-15)20(26)27/h3-12H,2,13H2,1H3,(H,22,28)(H,26,27). The van der Waals surface area contributed by atoms with Crippen LogP contribution in [0.1, 0.15) is 22.8 Å². The predicted molar refractivity (Wildman–Crippen MR) is 107 cm³/mol. The van der Waals surface area contributed by atoms with Crippen molar-refractivity contribution in [3.63, 3.8) is 0 Å². The molecule has 0 aliphatic rings. The maximum Gasteiger partial charge on any atom is 0.411 e. The number of aromatic carboxylic acids is 1. The third kappa shape index (κ3) is 5.07. The minimum Gasteiger partial charge on any atom is -0.478 e. The van der Waals surface area contributed by atoms with Gasteiger partial charge in [0, 0.05) is 17.3 Å². The molecule has 0 fully saturated rings. The molecule has 8 heteroatoms. The van der Waals surface area contributed by atoms with Crippen molar-refractivity contribution in [2.45, 2.75) is 13.5 Å². The number of carboxylic acids is 1. The Morgan fingerprint density at radius 2 is 1.90 bits per heavy atom. The van der Waals surface area contributed by atoms with E-state index in [1.165, 1.54) is 22.9 Å². The molecular weight excluding hydrogens is 374 g/mol. The Balaban J connectivity index is 1.86. The van der Waals surface area contributed by atoms with Gasteiger partial charge in [-0.15, -0.1) is 0 Å². The second kappa shape index (κ2) is 8.83. The number of nitrogens with zero attached hydrogens (tertiary/aromatic N) is 2. The van der Waals surface area contributed by atoms with Crippen LogP contribution in [0, 0.1) is 0 Å². The summed E-state index contributed by atoms with van der Waals surface area (Å²) in [7, 11) is 0. The largest absolute Gasteiger partial charge is 0.478 e. The quantitative estimate of drug-likeness (QED) is 0.665. The second-order valence-corrected chi connectivity index (χ2v) is 6.15. The summed E-state index contributed by atoms with van der Waals surface area (Å²) >= 11 is 0. The van der Waals surface area contributed by atoms with E-state index in [-0.39, 0.29) is 24.3 Å². The summed E-state index contributed by atoms with van der Waals surface area (Å²) in [4.78, 5) is 35.0. The van der Waals surface area contributed by atoms with Crippen LogP contribution in [-0.4, -0.2) is 33.6 Å². The highest BCUT2D eigenvalue weighted by atomic mass is 16.5. The number of amides is 1. The number of ether oxygens (including phenoxy) is 1. The number of benzene rings is 2. The zero-order valence-electron chi connectivity index (χ0n) is 15.7. The van der Waals surface area contributed by atoms with Gasteiger partial charge in [-0.1, -0.05) is 24.3 Å². The van der Waals surface area contributed by atoms with Gasteiger partial charge in [-0.05, 0) is 42.8 Å². The number of carboxylic acid groups (broad SMARTS) is 1. The molecule has 29 heavy (non-hydrogen) atoms. The molecule has 3 rings (SSSR count). The highest BCUT2D eigenvalue weighted by Crippen LogP contribution is 2.18. The Morgan fingerprint density at radius 1 is 1.10 bits per heavy atom. The van der Waals surface area contributed by atoms with Gasteiger partial charge in [0.1, 0.15) is 0 Å². The Hall–Kier alpha value is -3.94. The third-order valence-electron chi connectivity index (χ3n) is 4.05. The minimum atomic E-state index is -1.04. The third-order valence-corrected chi connectivity index (χ3v) is 4.05. The molecule has 0 saturated carbocycles. The SMILES string of the molecule is CCOC(=O)Nc1cccc(Cn2nc(-c3cccc(C(=O)O)c3)ccc2=O)c1. The number of hydrogen-bond acceptors (Lipinski definition) is 5. The molecule has 2 aromatic carbocycles. The van der Waals surface area contributed by atoms with E-state index in [1.807, 2.05) is 6.07 Å². The molecule has 1 heterocycles. The van der Waals surface area contributed by atoms with Gasteiger partial charge in [0.2, 0.25) is 0 Å². The summed E-state index contributed by atoms with van der Waals surface area (Å²) in [5.74, 6) is -1.04. The van der Waals surface area contributed by atoms with Gasteiger partial charge in [0.05, 0.1) is 24.4 Å². The second-order valence-electron chi connectivity index (χ2n) is 6.15. The van der Waals surface area contributed by atoms with Crippen molar-refractivity contribution in [3.05, 3.63) is 82.1 Å². The molecule has 0 spiro atoms. The van der Waals surface area contributed by atoms with Crippen LogP contribution in [0.5, 0.6) is 0 Å². The maximum absolute atomic E-state index is 12.2. The fourth-order valence-electron chi connectivity index (χ4n) is 2.73. The first-order valence-corrected chi connectivity index (χ1v) is 8.91. The molecule has 0 aliphatic heterocycles. The van der Waals surface area contributed by atoms with Gasteiger partial charge in [-0.25, -0.2) is 14.3 Å². The number of carbonyl (C=O) groups is 2. The molecule has 2 N–H and O–H groups in total. The van der Waals surface area contributed by atoms with E-state index in [2.05, 4.69) is 10.4 Å². The van der Waals surface area contributed by atoms with Crippen molar-refractivity contribution in [2.24, 2.45) is 0 Å². The summed E-state index contributed by atoms with van der Waals surface area (Å²) in [5.41, 5.74) is 2.21. The van der Waals surface area contributed by atoms with Crippen molar-refractivity contribution in [2.75, 3.05) is 11.9 Å². The van der Waals surface area contributed by atoms with E-state index in [1.54, 1.807) is 43.3 Å². The summed E-state index contributed by atoms with van der Waals surface area (Å²) in [6, 6.07) is 16.3. The van der Waals surface area contributed by atoms with Gasteiger partial charge < -0.3 is 9.84 Å². The van der Waals surface area contributed by atoms with Crippen molar-refractivity contribution >= 4 is 17.7 Å². The monoisotopic (exact) mass is 393 g/mol. The lowest BCUT2D eigenvalue weighted by atomic mass is 10.1. The van der Waals surface area contributed by atoms with Crippen molar-refractivity contribution in [1.82, 2.24) is 9.78 Å². The average molecular weight is 393 g/mol. The molecule has 0 bridgehead atoms. The normalized spacial score (nSPS) is 10.4. The zero-order chi connectivity index (χ0) is 20.8. The lowest BCUT2D eigenvalue weighted by Crippen LogP contribution is -2.23. The van der Waals surface area contributed by atoms with Crippen molar-refractivity contribution in [3.8, 4) is 11.3 Å². The van der Waals surface area contributed by atoms with Crippen LogP contribution < -0.4 is 10.9 Å². The first kappa shape index (κ1) is 19.8. The number of aromatic nitrogens is 2. The molecule has 148 valence electrons. The predicted octanol–water partition coefficient (Wildman–Crippen LogP) is 3.23. The van der Waals surface area contributed by atoms with E-state index in [0.717, 1.165) is 5.56 Å². The molecule has 0 aliphatic carbocycles. The lowest BCUT2D eigenvalue weighted by Gasteiger charge is -2.10. The average Bonchev–Trinajstić information content (AvgIpc) is 2.70. The van der Waals surface area contributed by atoms with Crippen LogP contribution in [0.2, 0.25) is 0 Å². The maximum atomic E-state index is 12.2. The molecule has 0 saturated heterocycles. The Bertz CT molecular complexity index is 1110. The summed E-state index contributed by atoms with van der Waals surface area (Å²) in [6.07, 6.45) is -0.555.